The first kappa shape index (κ1) is 16.7. The average Bonchev–Trinajstić information content (AvgIpc) is 2.42. The van der Waals surface area contributed by atoms with Crippen LogP contribution in [0.25, 0.3) is 0 Å². The van der Waals surface area contributed by atoms with Gasteiger partial charge in [-0.1, -0.05) is 31.5 Å². The minimum atomic E-state index is -0.321. The zero-order valence-corrected chi connectivity index (χ0v) is 14.1. The molecule has 1 unspecified atom stereocenters. The third-order valence-electron chi connectivity index (χ3n) is 4.24. The Morgan fingerprint density at radius 2 is 2.10 bits per heavy atom. The van der Waals surface area contributed by atoms with Crippen LogP contribution in [-0.2, 0) is 0 Å². The van der Waals surface area contributed by atoms with Gasteiger partial charge in [-0.25, -0.2) is 4.39 Å². The van der Waals surface area contributed by atoms with E-state index in [4.69, 9.17) is 11.6 Å². The second-order valence-electron chi connectivity index (χ2n) is 6.67. The van der Waals surface area contributed by atoms with Crippen molar-refractivity contribution in [1.29, 1.82) is 0 Å². The average molecular weight is 313 g/mol. The van der Waals surface area contributed by atoms with Crippen LogP contribution in [0, 0.1) is 11.7 Å². The predicted octanol–water partition coefficient (Wildman–Crippen LogP) is 4.25. The van der Waals surface area contributed by atoms with Crippen molar-refractivity contribution in [3.63, 3.8) is 0 Å². The minimum Gasteiger partial charge on any atom is -0.311 e. The van der Waals surface area contributed by atoms with Crippen molar-refractivity contribution in [2.45, 2.75) is 52.2 Å². The largest absolute Gasteiger partial charge is 0.311 e. The molecule has 1 heterocycles. The SMILES string of the molecule is CC(C)CC(c1ccc(Cl)c(F)c1)N1C[C@H](C)NC[C@H]1C. The van der Waals surface area contributed by atoms with E-state index in [2.05, 4.69) is 37.9 Å². The van der Waals surface area contributed by atoms with Crippen molar-refractivity contribution < 1.29 is 4.39 Å². The summed E-state index contributed by atoms with van der Waals surface area (Å²) in [7, 11) is 0. The van der Waals surface area contributed by atoms with Crippen molar-refractivity contribution in [2.75, 3.05) is 13.1 Å². The van der Waals surface area contributed by atoms with Gasteiger partial charge in [0, 0.05) is 31.2 Å². The first-order valence-corrected chi connectivity index (χ1v) is 8.20. The molecule has 4 heteroatoms. The third-order valence-corrected chi connectivity index (χ3v) is 4.54. The third kappa shape index (κ3) is 4.18. The quantitative estimate of drug-likeness (QED) is 0.894. The van der Waals surface area contributed by atoms with Crippen LogP contribution in [0.5, 0.6) is 0 Å². The van der Waals surface area contributed by atoms with Crippen LogP contribution in [0.2, 0.25) is 5.02 Å². The number of hydrogen-bond donors (Lipinski definition) is 1. The Hall–Kier alpha value is -0.640. The first-order chi connectivity index (χ1) is 9.88. The van der Waals surface area contributed by atoms with Crippen LogP contribution in [0.1, 0.15) is 45.7 Å². The fourth-order valence-corrected chi connectivity index (χ4v) is 3.23. The lowest BCUT2D eigenvalue weighted by atomic mass is 9.93. The number of rotatable bonds is 4. The fraction of sp³-hybridized carbons (Fsp3) is 0.647. The molecule has 0 bridgehead atoms. The highest BCUT2D eigenvalue weighted by Gasteiger charge is 2.30. The topological polar surface area (TPSA) is 15.3 Å². The molecule has 0 aromatic heterocycles. The molecule has 2 nitrogen and oxygen atoms in total. The highest BCUT2D eigenvalue weighted by Crippen LogP contribution is 2.32. The molecule has 0 radical (unpaired) electrons. The van der Waals surface area contributed by atoms with Crippen molar-refractivity contribution in [3.05, 3.63) is 34.6 Å². The van der Waals surface area contributed by atoms with Gasteiger partial charge in [0.05, 0.1) is 5.02 Å². The van der Waals surface area contributed by atoms with E-state index in [0.29, 0.717) is 18.0 Å². The fourth-order valence-electron chi connectivity index (χ4n) is 3.11. The molecule has 0 saturated carbocycles. The summed E-state index contributed by atoms with van der Waals surface area (Å²) in [6.07, 6.45) is 1.03. The van der Waals surface area contributed by atoms with E-state index in [9.17, 15) is 4.39 Å². The smallest absolute Gasteiger partial charge is 0.142 e. The summed E-state index contributed by atoms with van der Waals surface area (Å²) < 4.78 is 13.9. The Kier molecular flexibility index (Phi) is 5.64. The standard InChI is InChI=1S/C17H26ClFN2/c1-11(2)7-17(14-5-6-15(18)16(19)8-14)21-10-12(3)20-9-13(21)4/h5-6,8,11-13,17,20H,7,9-10H2,1-4H3/t12-,13+,17?/m0/s1. The maximum atomic E-state index is 13.9. The van der Waals surface area contributed by atoms with Crippen LogP contribution < -0.4 is 5.32 Å². The van der Waals surface area contributed by atoms with Gasteiger partial charge in [0.25, 0.3) is 0 Å². The van der Waals surface area contributed by atoms with Crippen molar-refractivity contribution in [2.24, 2.45) is 5.92 Å². The van der Waals surface area contributed by atoms with E-state index in [1.54, 1.807) is 12.1 Å². The summed E-state index contributed by atoms with van der Waals surface area (Å²) in [5.41, 5.74) is 1.03. The Morgan fingerprint density at radius 3 is 2.71 bits per heavy atom. The normalized spacial score (nSPS) is 25.3. The van der Waals surface area contributed by atoms with E-state index >= 15 is 0 Å². The number of hydrogen-bond acceptors (Lipinski definition) is 2. The molecule has 0 aliphatic carbocycles. The first-order valence-electron chi connectivity index (χ1n) is 7.82. The molecule has 1 aromatic rings. The maximum Gasteiger partial charge on any atom is 0.142 e. The Bertz CT molecular complexity index is 478. The molecule has 21 heavy (non-hydrogen) atoms. The van der Waals surface area contributed by atoms with Crippen LogP contribution in [-0.4, -0.2) is 30.1 Å². The molecule has 3 atom stereocenters. The lowest BCUT2D eigenvalue weighted by Crippen LogP contribution is -2.55. The van der Waals surface area contributed by atoms with E-state index in [1.807, 2.05) is 6.07 Å². The number of nitrogens with one attached hydrogen (secondary N) is 1. The molecule has 1 saturated heterocycles. The molecule has 1 fully saturated rings. The molecule has 118 valence electrons. The van der Waals surface area contributed by atoms with Crippen molar-refractivity contribution in [3.8, 4) is 0 Å². The zero-order chi connectivity index (χ0) is 15.6. The van der Waals surface area contributed by atoms with Crippen LogP contribution in [0.15, 0.2) is 18.2 Å². The van der Waals surface area contributed by atoms with E-state index in [0.717, 1.165) is 25.1 Å². The Labute approximate surface area is 132 Å². The monoisotopic (exact) mass is 312 g/mol. The highest BCUT2D eigenvalue weighted by molar-refractivity contribution is 6.30. The van der Waals surface area contributed by atoms with Gasteiger partial charge in [-0.2, -0.15) is 0 Å². The summed E-state index contributed by atoms with van der Waals surface area (Å²) in [6, 6.07) is 6.41. The number of benzene rings is 1. The molecule has 0 spiro atoms. The van der Waals surface area contributed by atoms with Crippen LogP contribution in [0.3, 0.4) is 0 Å². The van der Waals surface area contributed by atoms with Gasteiger partial charge < -0.3 is 5.32 Å². The maximum absolute atomic E-state index is 13.9. The van der Waals surface area contributed by atoms with E-state index < -0.39 is 0 Å². The van der Waals surface area contributed by atoms with Gasteiger partial charge in [0.2, 0.25) is 0 Å². The molecule has 1 aliphatic rings. The van der Waals surface area contributed by atoms with Gasteiger partial charge in [-0.15, -0.1) is 0 Å². The zero-order valence-electron chi connectivity index (χ0n) is 13.4. The van der Waals surface area contributed by atoms with Crippen molar-refractivity contribution in [1.82, 2.24) is 10.2 Å². The number of halogens is 2. The summed E-state index contributed by atoms with van der Waals surface area (Å²) in [4.78, 5) is 2.50. The summed E-state index contributed by atoms with van der Waals surface area (Å²) in [5, 5.41) is 3.70. The molecular formula is C17H26ClFN2. The van der Waals surface area contributed by atoms with E-state index in [-0.39, 0.29) is 16.9 Å². The van der Waals surface area contributed by atoms with E-state index in [1.165, 1.54) is 0 Å². The molecule has 1 N–H and O–H groups in total. The summed E-state index contributed by atoms with van der Waals surface area (Å²) >= 11 is 5.83. The van der Waals surface area contributed by atoms with Crippen LogP contribution in [0.4, 0.5) is 4.39 Å². The van der Waals surface area contributed by atoms with Gasteiger partial charge in [-0.3, -0.25) is 4.90 Å². The molecule has 2 rings (SSSR count). The van der Waals surface area contributed by atoms with Gasteiger partial charge in [-0.05, 0) is 43.9 Å². The van der Waals surface area contributed by atoms with Crippen LogP contribution >= 0.6 is 11.6 Å². The molecule has 0 amide bonds. The molecule has 1 aromatic carbocycles. The highest BCUT2D eigenvalue weighted by atomic mass is 35.5. The Balaban J connectivity index is 2.30. The second-order valence-corrected chi connectivity index (χ2v) is 7.08. The number of piperazine rings is 1. The summed E-state index contributed by atoms with van der Waals surface area (Å²) in [6.45, 7) is 10.8. The second kappa shape index (κ2) is 7.08. The lowest BCUT2D eigenvalue weighted by Gasteiger charge is -2.43. The minimum absolute atomic E-state index is 0.198. The predicted molar refractivity (Wildman–Crippen MR) is 87.2 cm³/mol. The summed E-state index contributed by atoms with van der Waals surface area (Å²) in [5.74, 6) is 0.241. The Morgan fingerprint density at radius 1 is 1.38 bits per heavy atom. The molecule has 1 aliphatic heterocycles. The van der Waals surface area contributed by atoms with Crippen molar-refractivity contribution >= 4 is 11.6 Å². The number of nitrogens with zero attached hydrogens (tertiary/aromatic N) is 1. The van der Waals surface area contributed by atoms with Gasteiger partial charge in [0.1, 0.15) is 5.82 Å². The van der Waals surface area contributed by atoms with Gasteiger partial charge >= 0.3 is 0 Å². The molecular weight excluding hydrogens is 287 g/mol. The lowest BCUT2D eigenvalue weighted by molar-refractivity contribution is 0.0825. The van der Waals surface area contributed by atoms with Gasteiger partial charge in [0.15, 0.2) is 0 Å².